The molecular weight excluding hydrogens is 345 g/mol. The molecule has 2 rings (SSSR count). The Bertz CT molecular complexity index is 750. The number of unbranched alkanes of at least 4 members (excludes halogenated alkanes) is 7. The maximum absolute atomic E-state index is 13.0. The van der Waals surface area contributed by atoms with Gasteiger partial charge in [0.15, 0.2) is 0 Å². The third-order valence-electron chi connectivity index (χ3n) is 4.29. The van der Waals surface area contributed by atoms with Gasteiger partial charge in [-0.1, -0.05) is 51.9 Å². The van der Waals surface area contributed by atoms with E-state index in [1.807, 2.05) is 0 Å². The zero-order chi connectivity index (χ0) is 19.0. The minimum absolute atomic E-state index is 0.113. The summed E-state index contributed by atoms with van der Waals surface area (Å²) in [4.78, 5) is 11.4. The van der Waals surface area contributed by atoms with Gasteiger partial charge in [-0.25, -0.2) is 4.79 Å². The van der Waals surface area contributed by atoms with Gasteiger partial charge in [0.1, 0.15) is 11.3 Å². The van der Waals surface area contributed by atoms with E-state index in [2.05, 4.69) is 6.92 Å². The topological polar surface area (TPSA) is 39.4 Å². The Morgan fingerprint density at radius 1 is 0.962 bits per heavy atom. The van der Waals surface area contributed by atoms with Gasteiger partial charge < -0.3 is 9.15 Å². The third-order valence-corrected chi connectivity index (χ3v) is 4.29. The lowest BCUT2D eigenvalue weighted by atomic mass is 10.1. The largest absolute Gasteiger partial charge is 0.493 e. The molecule has 0 bridgehead atoms. The molecular formula is C20H25F3O3. The second kappa shape index (κ2) is 9.64. The fourth-order valence-corrected chi connectivity index (χ4v) is 2.89. The Labute approximate surface area is 151 Å². The fourth-order valence-electron chi connectivity index (χ4n) is 2.89. The van der Waals surface area contributed by atoms with Gasteiger partial charge in [0.05, 0.1) is 12.2 Å². The standard InChI is InChI=1S/C20H25F3O3/c1-2-3-4-5-6-7-8-9-12-25-15-10-11-16-17(20(21,22)23)14-19(24)26-18(16)13-15/h10-11,13-14H,2-9,12H2,1H3. The highest BCUT2D eigenvalue weighted by molar-refractivity contribution is 5.82. The number of rotatable bonds is 10. The first-order valence-corrected chi connectivity index (χ1v) is 9.19. The smallest absolute Gasteiger partial charge is 0.417 e. The molecule has 0 spiro atoms. The lowest BCUT2D eigenvalue weighted by Crippen LogP contribution is -2.11. The van der Waals surface area contributed by atoms with E-state index >= 15 is 0 Å². The molecule has 0 saturated carbocycles. The number of ether oxygens (including phenoxy) is 1. The van der Waals surface area contributed by atoms with Crippen LogP contribution in [0.4, 0.5) is 13.2 Å². The molecule has 0 fully saturated rings. The molecule has 0 atom stereocenters. The van der Waals surface area contributed by atoms with E-state index in [9.17, 15) is 18.0 Å². The molecule has 3 nitrogen and oxygen atoms in total. The summed E-state index contributed by atoms with van der Waals surface area (Å²) in [7, 11) is 0. The van der Waals surface area contributed by atoms with Crippen LogP contribution in [0.15, 0.2) is 33.5 Å². The zero-order valence-corrected chi connectivity index (χ0v) is 15.0. The van der Waals surface area contributed by atoms with Gasteiger partial charge in [-0.3, -0.25) is 0 Å². The fraction of sp³-hybridized carbons (Fsp3) is 0.550. The Hall–Kier alpha value is -1.98. The van der Waals surface area contributed by atoms with Crippen LogP contribution in [0.2, 0.25) is 0 Å². The summed E-state index contributed by atoms with van der Waals surface area (Å²) in [5, 5.41) is -0.142. The van der Waals surface area contributed by atoms with Gasteiger partial charge >= 0.3 is 11.8 Å². The van der Waals surface area contributed by atoms with Gasteiger partial charge in [0.2, 0.25) is 0 Å². The number of hydrogen-bond acceptors (Lipinski definition) is 3. The van der Waals surface area contributed by atoms with E-state index in [0.29, 0.717) is 18.4 Å². The number of halogens is 3. The monoisotopic (exact) mass is 370 g/mol. The number of fused-ring (bicyclic) bond motifs is 1. The van der Waals surface area contributed by atoms with Gasteiger partial charge in [0.25, 0.3) is 0 Å². The highest BCUT2D eigenvalue weighted by atomic mass is 19.4. The SMILES string of the molecule is CCCCCCCCCCOc1ccc2c(C(F)(F)F)cc(=O)oc2c1. The van der Waals surface area contributed by atoms with Gasteiger partial charge in [-0.05, 0) is 18.6 Å². The minimum atomic E-state index is -4.60. The van der Waals surface area contributed by atoms with Crippen molar-refractivity contribution in [3.05, 3.63) is 40.2 Å². The van der Waals surface area contributed by atoms with Crippen LogP contribution in [0.1, 0.15) is 63.9 Å². The summed E-state index contributed by atoms with van der Waals surface area (Å²) in [6.45, 7) is 2.68. The maximum Gasteiger partial charge on any atom is 0.417 e. The average Bonchev–Trinajstić information content (AvgIpc) is 2.58. The summed E-state index contributed by atoms with van der Waals surface area (Å²) in [6.07, 6.45) is 4.81. The van der Waals surface area contributed by atoms with Crippen molar-refractivity contribution in [3.63, 3.8) is 0 Å². The maximum atomic E-state index is 13.0. The van der Waals surface area contributed by atoms with Crippen LogP contribution in [-0.4, -0.2) is 6.61 Å². The van der Waals surface area contributed by atoms with Crippen molar-refractivity contribution in [2.45, 2.75) is 64.5 Å². The zero-order valence-electron chi connectivity index (χ0n) is 15.0. The van der Waals surface area contributed by atoms with Gasteiger partial charge in [-0.2, -0.15) is 13.2 Å². The summed E-state index contributed by atoms with van der Waals surface area (Å²) < 4.78 is 49.5. The molecule has 0 N–H and O–H groups in total. The quantitative estimate of drug-likeness (QED) is 0.362. The first-order valence-electron chi connectivity index (χ1n) is 9.19. The van der Waals surface area contributed by atoms with E-state index in [1.165, 1.54) is 50.3 Å². The van der Waals surface area contributed by atoms with Crippen molar-refractivity contribution in [3.8, 4) is 5.75 Å². The van der Waals surface area contributed by atoms with Gasteiger partial charge in [0, 0.05) is 17.5 Å². The van der Waals surface area contributed by atoms with Crippen molar-refractivity contribution in [1.82, 2.24) is 0 Å². The van der Waals surface area contributed by atoms with Crippen molar-refractivity contribution in [2.24, 2.45) is 0 Å². The molecule has 6 heteroatoms. The third kappa shape index (κ3) is 6.07. The second-order valence-corrected chi connectivity index (χ2v) is 6.46. The molecule has 1 aromatic heterocycles. The molecule has 0 unspecified atom stereocenters. The van der Waals surface area contributed by atoms with Crippen LogP contribution in [-0.2, 0) is 6.18 Å². The van der Waals surface area contributed by atoms with Crippen molar-refractivity contribution < 1.29 is 22.3 Å². The molecule has 0 amide bonds. The van der Waals surface area contributed by atoms with Crippen molar-refractivity contribution in [2.75, 3.05) is 6.61 Å². The lowest BCUT2D eigenvalue weighted by Gasteiger charge is -2.11. The van der Waals surface area contributed by atoms with Crippen molar-refractivity contribution >= 4 is 11.0 Å². The molecule has 1 heterocycles. The van der Waals surface area contributed by atoms with Crippen LogP contribution in [0, 0.1) is 0 Å². The highest BCUT2D eigenvalue weighted by Crippen LogP contribution is 2.34. The van der Waals surface area contributed by atoms with E-state index < -0.39 is 17.4 Å². The number of alkyl halides is 3. The van der Waals surface area contributed by atoms with Crippen LogP contribution >= 0.6 is 0 Å². The van der Waals surface area contributed by atoms with Crippen LogP contribution < -0.4 is 10.4 Å². The highest BCUT2D eigenvalue weighted by Gasteiger charge is 2.33. The molecule has 0 saturated heterocycles. The molecule has 144 valence electrons. The van der Waals surface area contributed by atoms with E-state index in [4.69, 9.17) is 9.15 Å². The Morgan fingerprint density at radius 2 is 1.62 bits per heavy atom. The number of hydrogen-bond donors (Lipinski definition) is 0. The van der Waals surface area contributed by atoms with Gasteiger partial charge in [-0.15, -0.1) is 0 Å². The number of benzene rings is 1. The molecule has 1 aromatic carbocycles. The summed E-state index contributed by atoms with van der Waals surface area (Å²) in [6, 6.07) is 4.58. The molecule has 26 heavy (non-hydrogen) atoms. The first-order chi connectivity index (χ1) is 12.4. The summed E-state index contributed by atoms with van der Waals surface area (Å²) in [5.41, 5.74) is -2.12. The molecule has 0 aliphatic rings. The molecule has 2 aromatic rings. The summed E-state index contributed by atoms with van der Waals surface area (Å²) >= 11 is 0. The van der Waals surface area contributed by atoms with E-state index in [0.717, 1.165) is 19.3 Å². The van der Waals surface area contributed by atoms with Crippen LogP contribution in [0.5, 0.6) is 5.75 Å². The predicted molar refractivity (Wildman–Crippen MR) is 95.6 cm³/mol. The minimum Gasteiger partial charge on any atom is -0.493 e. The Kier molecular flexibility index (Phi) is 7.54. The summed E-state index contributed by atoms with van der Waals surface area (Å²) in [5.74, 6) is 0.405. The molecule has 0 aliphatic carbocycles. The van der Waals surface area contributed by atoms with Crippen molar-refractivity contribution in [1.29, 1.82) is 0 Å². The lowest BCUT2D eigenvalue weighted by molar-refractivity contribution is -0.136. The van der Waals surface area contributed by atoms with Crippen LogP contribution in [0.25, 0.3) is 11.0 Å². The predicted octanol–water partition coefficient (Wildman–Crippen LogP) is 6.33. The average molecular weight is 370 g/mol. The normalized spacial score (nSPS) is 11.8. The van der Waals surface area contributed by atoms with E-state index in [-0.39, 0.29) is 11.0 Å². The Balaban J connectivity index is 1.87. The molecule has 0 aliphatic heterocycles. The van der Waals surface area contributed by atoms with Crippen LogP contribution in [0.3, 0.4) is 0 Å². The second-order valence-electron chi connectivity index (χ2n) is 6.46. The first kappa shape index (κ1) is 20.3. The van der Waals surface area contributed by atoms with E-state index in [1.54, 1.807) is 0 Å². The molecule has 0 radical (unpaired) electrons. The Morgan fingerprint density at radius 3 is 2.27 bits per heavy atom.